The Morgan fingerprint density at radius 3 is 2.65 bits per heavy atom. The minimum Gasteiger partial charge on any atom is -0.453 e. The average Bonchev–Trinajstić information content (AvgIpc) is 2.25. The van der Waals surface area contributed by atoms with Crippen molar-refractivity contribution >= 4 is 11.9 Å². The topological polar surface area (TPSA) is 46.6 Å². The fraction of sp³-hybridized carbons (Fsp3) is 0.692. The van der Waals surface area contributed by atoms with Gasteiger partial charge in [0, 0.05) is 17.9 Å². The standard InChI is InChI=1S/C13H19NO3/c1-8-5-13(3)6-10(9(2)15)11(8)14(7-13)12(16)17-4/h5,10-11H,6-7H2,1-4H3/t10-,11-,13+/m0/s1. The van der Waals surface area contributed by atoms with E-state index in [1.165, 1.54) is 7.11 Å². The highest BCUT2D eigenvalue weighted by molar-refractivity contribution is 5.82. The molecule has 0 unspecified atom stereocenters. The van der Waals surface area contributed by atoms with Gasteiger partial charge in [0.1, 0.15) is 5.78 Å². The first-order chi connectivity index (χ1) is 7.88. The number of carbonyl (C=O) groups is 2. The number of hydrogen-bond donors (Lipinski definition) is 0. The lowest BCUT2D eigenvalue weighted by atomic mass is 9.65. The molecule has 0 aromatic heterocycles. The number of piperidine rings is 1. The SMILES string of the molecule is COC(=O)N1C[C@]2(C)C=C(C)[C@H]1[C@H](C(C)=O)C2. The van der Waals surface area contributed by atoms with E-state index in [9.17, 15) is 9.59 Å². The van der Waals surface area contributed by atoms with Crippen LogP contribution in [0.2, 0.25) is 0 Å². The number of rotatable bonds is 1. The Kier molecular flexibility index (Phi) is 2.76. The Morgan fingerprint density at radius 2 is 2.18 bits per heavy atom. The van der Waals surface area contributed by atoms with E-state index >= 15 is 0 Å². The molecule has 2 heterocycles. The zero-order chi connectivity index (χ0) is 12.8. The first kappa shape index (κ1) is 12.1. The van der Waals surface area contributed by atoms with Gasteiger partial charge < -0.3 is 4.74 Å². The Morgan fingerprint density at radius 1 is 1.53 bits per heavy atom. The zero-order valence-corrected chi connectivity index (χ0v) is 10.8. The fourth-order valence-electron chi connectivity index (χ4n) is 3.35. The van der Waals surface area contributed by atoms with Gasteiger partial charge in [0.15, 0.2) is 0 Å². The van der Waals surface area contributed by atoms with Gasteiger partial charge in [0.25, 0.3) is 0 Å². The lowest BCUT2D eigenvalue weighted by molar-refractivity contribution is -0.125. The summed E-state index contributed by atoms with van der Waals surface area (Å²) < 4.78 is 4.81. The predicted molar refractivity (Wildman–Crippen MR) is 63.6 cm³/mol. The number of fused-ring (bicyclic) bond motifs is 2. The van der Waals surface area contributed by atoms with Gasteiger partial charge in [-0.1, -0.05) is 18.6 Å². The minimum atomic E-state index is -0.334. The summed E-state index contributed by atoms with van der Waals surface area (Å²) >= 11 is 0. The van der Waals surface area contributed by atoms with Gasteiger partial charge in [0.05, 0.1) is 13.2 Å². The second kappa shape index (κ2) is 3.86. The van der Waals surface area contributed by atoms with Crippen LogP contribution in [0.4, 0.5) is 4.79 Å². The Balaban J connectivity index is 2.40. The van der Waals surface area contributed by atoms with E-state index in [0.717, 1.165) is 12.0 Å². The number of hydrogen-bond acceptors (Lipinski definition) is 3. The number of ketones is 1. The third kappa shape index (κ3) is 1.85. The van der Waals surface area contributed by atoms with Gasteiger partial charge in [-0.2, -0.15) is 0 Å². The first-order valence-corrected chi connectivity index (χ1v) is 5.92. The van der Waals surface area contributed by atoms with Crippen molar-refractivity contribution in [1.82, 2.24) is 4.90 Å². The molecule has 0 radical (unpaired) electrons. The number of Topliss-reactive ketones (excluding diaryl/α,β-unsaturated/α-hetero) is 1. The van der Waals surface area contributed by atoms with Crippen LogP contribution in [0.1, 0.15) is 27.2 Å². The van der Waals surface area contributed by atoms with Crippen molar-refractivity contribution in [2.75, 3.05) is 13.7 Å². The number of carbonyl (C=O) groups excluding carboxylic acids is 2. The molecule has 0 aromatic rings. The van der Waals surface area contributed by atoms with Crippen molar-refractivity contribution < 1.29 is 14.3 Å². The first-order valence-electron chi connectivity index (χ1n) is 5.92. The lowest BCUT2D eigenvalue weighted by Gasteiger charge is -2.52. The largest absolute Gasteiger partial charge is 0.453 e. The molecule has 2 aliphatic heterocycles. The molecule has 1 saturated heterocycles. The maximum Gasteiger partial charge on any atom is 0.410 e. The maximum atomic E-state index is 11.8. The second-order valence-corrected chi connectivity index (χ2v) is 5.51. The Hall–Kier alpha value is -1.32. The molecule has 0 spiro atoms. The molecule has 94 valence electrons. The summed E-state index contributed by atoms with van der Waals surface area (Å²) in [6.07, 6.45) is 2.70. The predicted octanol–water partition coefficient (Wildman–Crippen LogP) is 2.00. The highest BCUT2D eigenvalue weighted by Crippen LogP contribution is 2.46. The molecule has 4 heteroatoms. The fourth-order valence-corrected chi connectivity index (χ4v) is 3.35. The van der Waals surface area contributed by atoms with Gasteiger partial charge in [-0.3, -0.25) is 9.69 Å². The molecular formula is C13H19NO3. The van der Waals surface area contributed by atoms with Gasteiger partial charge in [-0.05, 0) is 20.3 Å². The molecule has 2 bridgehead atoms. The summed E-state index contributed by atoms with van der Waals surface area (Å²) in [6, 6.07) is -0.109. The van der Waals surface area contributed by atoms with Crippen LogP contribution >= 0.6 is 0 Å². The minimum absolute atomic E-state index is 0.0853. The molecule has 1 aliphatic carbocycles. The lowest BCUT2D eigenvalue weighted by Crippen LogP contribution is -2.59. The van der Waals surface area contributed by atoms with E-state index in [0.29, 0.717) is 6.54 Å². The molecule has 3 aliphatic rings. The normalized spacial score (nSPS) is 35.5. The number of ether oxygens (including phenoxy) is 1. The van der Waals surface area contributed by atoms with Crippen LogP contribution in [-0.4, -0.2) is 36.5 Å². The zero-order valence-electron chi connectivity index (χ0n) is 10.8. The van der Waals surface area contributed by atoms with E-state index in [4.69, 9.17) is 4.74 Å². The van der Waals surface area contributed by atoms with Gasteiger partial charge in [-0.25, -0.2) is 4.79 Å². The van der Waals surface area contributed by atoms with Crippen LogP contribution in [-0.2, 0) is 9.53 Å². The van der Waals surface area contributed by atoms with E-state index in [1.54, 1.807) is 11.8 Å². The molecule has 0 aromatic carbocycles. The number of methoxy groups -OCH3 is 1. The van der Waals surface area contributed by atoms with E-state index in [2.05, 4.69) is 13.0 Å². The molecule has 4 nitrogen and oxygen atoms in total. The Bertz CT molecular complexity index is 401. The summed E-state index contributed by atoms with van der Waals surface area (Å²) in [5, 5.41) is 0. The molecule has 1 fully saturated rings. The van der Waals surface area contributed by atoms with E-state index < -0.39 is 0 Å². The summed E-state index contributed by atoms with van der Waals surface area (Å²) in [7, 11) is 1.38. The second-order valence-electron chi connectivity index (χ2n) is 5.51. The molecule has 17 heavy (non-hydrogen) atoms. The molecule has 0 saturated carbocycles. The summed E-state index contributed by atoms with van der Waals surface area (Å²) in [4.78, 5) is 25.2. The maximum absolute atomic E-state index is 11.8. The van der Waals surface area contributed by atoms with E-state index in [-0.39, 0.29) is 29.3 Å². The monoisotopic (exact) mass is 237 g/mol. The quantitative estimate of drug-likeness (QED) is 0.655. The third-order valence-electron chi connectivity index (χ3n) is 3.91. The highest BCUT2D eigenvalue weighted by Gasteiger charge is 2.50. The van der Waals surface area contributed by atoms with Crippen LogP contribution in [0.3, 0.4) is 0 Å². The van der Waals surface area contributed by atoms with Crippen LogP contribution in [0.5, 0.6) is 0 Å². The van der Waals surface area contributed by atoms with Crippen LogP contribution < -0.4 is 0 Å². The third-order valence-corrected chi connectivity index (χ3v) is 3.91. The summed E-state index contributed by atoms with van der Waals surface area (Å²) in [5.41, 5.74) is 1.01. The molecular weight excluding hydrogens is 218 g/mol. The van der Waals surface area contributed by atoms with E-state index in [1.807, 2.05) is 6.92 Å². The smallest absolute Gasteiger partial charge is 0.410 e. The number of amides is 1. The molecule has 3 atom stereocenters. The van der Waals surface area contributed by atoms with Gasteiger partial charge >= 0.3 is 6.09 Å². The van der Waals surface area contributed by atoms with Gasteiger partial charge in [-0.15, -0.1) is 0 Å². The van der Waals surface area contributed by atoms with Crippen LogP contribution in [0, 0.1) is 11.3 Å². The van der Waals surface area contributed by atoms with Crippen molar-refractivity contribution in [1.29, 1.82) is 0 Å². The van der Waals surface area contributed by atoms with Crippen molar-refractivity contribution in [2.24, 2.45) is 11.3 Å². The van der Waals surface area contributed by atoms with Crippen LogP contribution in [0.25, 0.3) is 0 Å². The Labute approximate surface area is 102 Å². The molecule has 3 rings (SSSR count). The average molecular weight is 237 g/mol. The summed E-state index contributed by atoms with van der Waals surface area (Å²) in [5.74, 6) is 0.0696. The van der Waals surface area contributed by atoms with Crippen molar-refractivity contribution in [3.05, 3.63) is 11.6 Å². The number of nitrogens with zero attached hydrogens (tertiary/aromatic N) is 1. The van der Waals surface area contributed by atoms with Crippen LogP contribution in [0.15, 0.2) is 11.6 Å². The molecule has 0 N–H and O–H groups in total. The van der Waals surface area contributed by atoms with Crippen molar-refractivity contribution in [2.45, 2.75) is 33.2 Å². The molecule has 1 amide bonds. The van der Waals surface area contributed by atoms with Gasteiger partial charge in [0.2, 0.25) is 0 Å². The summed E-state index contributed by atoms with van der Waals surface area (Å²) in [6.45, 7) is 6.34. The van der Waals surface area contributed by atoms with Crippen molar-refractivity contribution in [3.63, 3.8) is 0 Å². The van der Waals surface area contributed by atoms with Crippen molar-refractivity contribution in [3.8, 4) is 0 Å². The highest BCUT2D eigenvalue weighted by atomic mass is 16.5.